The fourth-order valence-electron chi connectivity index (χ4n) is 3.27. The first kappa shape index (κ1) is 18.9. The van der Waals surface area contributed by atoms with Gasteiger partial charge in [-0.15, -0.1) is 0 Å². The van der Waals surface area contributed by atoms with E-state index in [1.165, 1.54) is 18.4 Å². The summed E-state index contributed by atoms with van der Waals surface area (Å²) >= 11 is 0. The third-order valence-corrected chi connectivity index (χ3v) is 6.89. The van der Waals surface area contributed by atoms with Crippen molar-refractivity contribution < 1.29 is 17.9 Å². The van der Waals surface area contributed by atoms with Crippen LogP contribution in [-0.4, -0.2) is 62.3 Å². The minimum atomic E-state index is -3.35. The van der Waals surface area contributed by atoms with E-state index in [1.54, 1.807) is 0 Å². The molecule has 8 heteroatoms. The number of rotatable bonds is 5. The van der Waals surface area contributed by atoms with Crippen LogP contribution >= 0.6 is 0 Å². The summed E-state index contributed by atoms with van der Waals surface area (Å²) in [7, 11) is 1.52. The van der Waals surface area contributed by atoms with Gasteiger partial charge in [0.25, 0.3) is 5.91 Å². The van der Waals surface area contributed by atoms with Gasteiger partial charge in [-0.2, -0.15) is 0 Å². The Morgan fingerprint density at radius 2 is 2.04 bits per heavy atom. The van der Waals surface area contributed by atoms with Gasteiger partial charge in [0, 0.05) is 38.0 Å². The second-order valence-corrected chi connectivity index (χ2v) is 9.32. The Labute approximate surface area is 154 Å². The molecular formula is C18H25N3O4S. The van der Waals surface area contributed by atoms with E-state index in [4.69, 9.17) is 4.74 Å². The Morgan fingerprint density at radius 1 is 1.31 bits per heavy atom. The number of ether oxygens (including phenoxy) is 1. The van der Waals surface area contributed by atoms with Gasteiger partial charge in [0.2, 0.25) is 10.0 Å². The lowest BCUT2D eigenvalue weighted by Crippen LogP contribution is -2.44. The molecule has 2 atom stereocenters. The quantitative estimate of drug-likeness (QED) is 0.844. The first-order valence-electron chi connectivity index (χ1n) is 8.54. The second kappa shape index (κ2) is 7.02. The molecule has 1 aromatic heterocycles. The molecule has 2 aromatic rings. The van der Waals surface area contributed by atoms with Gasteiger partial charge >= 0.3 is 0 Å². The number of carbonyl (C=O) groups is 1. The number of nitrogens with zero attached hydrogens (tertiary/aromatic N) is 2. The first-order chi connectivity index (χ1) is 12.2. The molecule has 1 aliphatic rings. The molecule has 1 N–H and O–H groups in total. The summed E-state index contributed by atoms with van der Waals surface area (Å²) < 4.78 is 32.8. The predicted molar refractivity (Wildman–Crippen MR) is 101 cm³/mol. The van der Waals surface area contributed by atoms with Crippen LogP contribution in [0, 0.1) is 12.8 Å². The molecule has 0 radical (unpaired) electrons. The van der Waals surface area contributed by atoms with Gasteiger partial charge in [-0.3, -0.25) is 4.79 Å². The number of amides is 1. The average molecular weight is 379 g/mol. The van der Waals surface area contributed by atoms with E-state index < -0.39 is 10.0 Å². The van der Waals surface area contributed by atoms with Crippen LogP contribution in [0.1, 0.15) is 16.1 Å². The third-order valence-electron chi connectivity index (χ3n) is 4.93. The molecule has 26 heavy (non-hydrogen) atoms. The summed E-state index contributed by atoms with van der Waals surface area (Å²) in [6, 6.07) is 7.58. The van der Waals surface area contributed by atoms with Crippen molar-refractivity contribution in [2.45, 2.75) is 13.0 Å². The van der Waals surface area contributed by atoms with Crippen LogP contribution in [0.25, 0.3) is 10.9 Å². The lowest BCUT2D eigenvalue weighted by molar-refractivity contribution is 0.0918. The number of carbonyl (C=O) groups excluding carboxylic acids is 1. The normalized spacial score (nSPS) is 20.8. The average Bonchev–Trinajstić information content (AvgIpc) is 3.11. The van der Waals surface area contributed by atoms with Crippen LogP contribution in [0.15, 0.2) is 24.3 Å². The Kier molecular flexibility index (Phi) is 5.09. The number of benzene rings is 1. The summed E-state index contributed by atoms with van der Waals surface area (Å²) in [5.41, 5.74) is 2.66. The molecule has 0 spiro atoms. The zero-order chi connectivity index (χ0) is 19.1. The smallest absolute Gasteiger partial charge is 0.268 e. The van der Waals surface area contributed by atoms with Crippen molar-refractivity contribution in [2.24, 2.45) is 13.0 Å². The highest BCUT2D eigenvalue weighted by molar-refractivity contribution is 7.89. The maximum atomic E-state index is 12.8. The van der Waals surface area contributed by atoms with Crippen LogP contribution in [0.2, 0.25) is 0 Å². The molecule has 0 bridgehead atoms. The molecule has 142 valence electrons. The minimum absolute atomic E-state index is 0.0424. The minimum Gasteiger partial charge on any atom is -0.379 e. The molecule has 1 saturated heterocycles. The summed E-state index contributed by atoms with van der Waals surface area (Å²) in [6.45, 7) is 2.66. The van der Waals surface area contributed by atoms with Gasteiger partial charge in [0.05, 0.1) is 25.0 Å². The molecule has 1 fully saturated rings. The van der Waals surface area contributed by atoms with Crippen LogP contribution < -0.4 is 5.32 Å². The highest BCUT2D eigenvalue weighted by Crippen LogP contribution is 2.22. The van der Waals surface area contributed by atoms with Gasteiger partial charge < -0.3 is 14.6 Å². The Morgan fingerprint density at radius 3 is 2.73 bits per heavy atom. The van der Waals surface area contributed by atoms with Crippen molar-refractivity contribution in [2.75, 3.05) is 33.1 Å². The van der Waals surface area contributed by atoms with Crippen molar-refractivity contribution in [3.8, 4) is 0 Å². The number of aromatic nitrogens is 1. The fourth-order valence-corrected chi connectivity index (χ4v) is 4.44. The molecule has 0 saturated carbocycles. The number of nitrogens with one attached hydrogen (secondary N) is 1. The van der Waals surface area contributed by atoms with Crippen molar-refractivity contribution in [1.82, 2.24) is 14.2 Å². The van der Waals surface area contributed by atoms with Gasteiger partial charge in [-0.1, -0.05) is 11.6 Å². The molecule has 1 amide bonds. The molecule has 3 rings (SSSR count). The van der Waals surface area contributed by atoms with Crippen LogP contribution in [0.5, 0.6) is 0 Å². The van der Waals surface area contributed by atoms with E-state index in [-0.39, 0.29) is 23.6 Å². The maximum absolute atomic E-state index is 12.8. The maximum Gasteiger partial charge on any atom is 0.268 e. The highest BCUT2D eigenvalue weighted by Gasteiger charge is 2.34. The van der Waals surface area contributed by atoms with Crippen molar-refractivity contribution in [3.63, 3.8) is 0 Å². The number of aryl methyl sites for hydroxylation is 2. The van der Waals surface area contributed by atoms with Crippen LogP contribution in [0.4, 0.5) is 0 Å². The van der Waals surface area contributed by atoms with Crippen molar-refractivity contribution >= 4 is 26.8 Å². The van der Waals surface area contributed by atoms with E-state index in [0.717, 1.165) is 16.5 Å². The van der Waals surface area contributed by atoms with E-state index >= 15 is 0 Å². The number of fused-ring (bicyclic) bond motifs is 1. The first-order valence-corrected chi connectivity index (χ1v) is 10.1. The lowest BCUT2D eigenvalue weighted by atomic mass is 10.1. The number of hydrogen-bond acceptors (Lipinski definition) is 4. The van der Waals surface area contributed by atoms with Gasteiger partial charge in [-0.05, 0) is 25.1 Å². The van der Waals surface area contributed by atoms with Crippen LogP contribution in [0.3, 0.4) is 0 Å². The lowest BCUT2D eigenvalue weighted by Gasteiger charge is -2.21. The molecular weight excluding hydrogens is 354 g/mol. The van der Waals surface area contributed by atoms with E-state index in [1.807, 2.05) is 42.8 Å². The summed E-state index contributed by atoms with van der Waals surface area (Å²) in [4.78, 5) is 12.8. The molecule has 7 nitrogen and oxygen atoms in total. The zero-order valence-electron chi connectivity index (χ0n) is 15.5. The third kappa shape index (κ3) is 3.62. The topological polar surface area (TPSA) is 80.6 Å². The molecule has 1 aliphatic heterocycles. The summed E-state index contributed by atoms with van der Waals surface area (Å²) in [5, 5.41) is 3.96. The molecule has 1 aromatic carbocycles. The monoisotopic (exact) mass is 379 g/mol. The molecule has 0 unspecified atom stereocenters. The Balaban J connectivity index is 1.78. The molecule has 2 heterocycles. The fraction of sp³-hybridized carbons (Fsp3) is 0.500. The largest absolute Gasteiger partial charge is 0.379 e. The standard InChI is InChI=1S/C18H25N3O4S/c1-12-5-6-16-13(7-12)8-17(21(16)4)18(22)19-15-10-25-9-14(15)11-26(23,24)20(2)3/h5-8,14-15H,9-11H2,1-4H3,(H,19,22)/t14-,15+/m0/s1. The van der Waals surface area contributed by atoms with E-state index in [9.17, 15) is 13.2 Å². The van der Waals surface area contributed by atoms with E-state index in [0.29, 0.717) is 18.9 Å². The Hall–Kier alpha value is -1.90. The number of hydrogen-bond donors (Lipinski definition) is 1. The van der Waals surface area contributed by atoms with Gasteiger partial charge in [0.15, 0.2) is 0 Å². The van der Waals surface area contributed by atoms with Gasteiger partial charge in [-0.25, -0.2) is 12.7 Å². The zero-order valence-corrected chi connectivity index (χ0v) is 16.3. The van der Waals surface area contributed by atoms with Crippen LogP contribution in [-0.2, 0) is 21.8 Å². The SMILES string of the molecule is Cc1ccc2c(c1)cc(C(=O)N[C@@H]1COC[C@H]1CS(=O)(=O)N(C)C)n2C. The van der Waals surface area contributed by atoms with Crippen molar-refractivity contribution in [3.05, 3.63) is 35.5 Å². The molecule has 0 aliphatic carbocycles. The number of sulfonamides is 1. The van der Waals surface area contributed by atoms with Gasteiger partial charge in [0.1, 0.15) is 5.69 Å². The highest BCUT2D eigenvalue weighted by atomic mass is 32.2. The second-order valence-electron chi connectivity index (χ2n) is 7.09. The van der Waals surface area contributed by atoms with Crippen molar-refractivity contribution in [1.29, 1.82) is 0 Å². The van der Waals surface area contributed by atoms with E-state index in [2.05, 4.69) is 5.32 Å². The Bertz CT molecular complexity index is 933. The summed E-state index contributed by atoms with van der Waals surface area (Å²) in [5.74, 6) is -0.522. The predicted octanol–water partition coefficient (Wildman–Crippen LogP) is 1.12. The summed E-state index contributed by atoms with van der Waals surface area (Å²) in [6.07, 6.45) is 0.